The molecule has 0 bridgehead atoms. The van der Waals surface area contributed by atoms with Crippen molar-refractivity contribution in [2.24, 2.45) is 0 Å². The number of anilines is 3. The second-order valence-electron chi connectivity index (χ2n) is 4.03. The molecule has 3 heteroatoms. The third kappa shape index (κ3) is 2.56. The van der Waals surface area contributed by atoms with Gasteiger partial charge in [0.25, 0.3) is 0 Å². The van der Waals surface area contributed by atoms with E-state index in [9.17, 15) is 0 Å². The summed E-state index contributed by atoms with van der Waals surface area (Å²) in [7, 11) is 3.89. The zero-order valence-corrected chi connectivity index (χ0v) is 10.4. The molecule has 1 N–H and O–H groups in total. The molecular weight excluding hydrogens is 210 g/mol. The predicted octanol–water partition coefficient (Wildman–Crippen LogP) is 3.20. The minimum absolute atomic E-state index is 0.876. The predicted molar refractivity (Wildman–Crippen MR) is 73.0 cm³/mol. The Balaban J connectivity index is 2.29. The summed E-state index contributed by atoms with van der Waals surface area (Å²) in [6.45, 7) is 2.09. The minimum atomic E-state index is 0.876. The zero-order valence-electron chi connectivity index (χ0n) is 10.4. The normalized spacial score (nSPS) is 10.1. The molecule has 88 valence electrons. The number of nitrogens with zero attached hydrogens (tertiary/aromatic N) is 2. The van der Waals surface area contributed by atoms with Crippen LogP contribution in [0.3, 0.4) is 0 Å². The summed E-state index contributed by atoms with van der Waals surface area (Å²) in [6, 6.07) is 14.4. The lowest BCUT2D eigenvalue weighted by Gasteiger charge is -2.19. The molecule has 1 heterocycles. The van der Waals surface area contributed by atoms with Gasteiger partial charge in [-0.3, -0.25) is 0 Å². The van der Waals surface area contributed by atoms with E-state index in [1.807, 2.05) is 32.3 Å². The third-order valence-electron chi connectivity index (χ3n) is 2.76. The third-order valence-corrected chi connectivity index (χ3v) is 2.76. The monoisotopic (exact) mass is 227 g/mol. The average molecular weight is 227 g/mol. The molecule has 0 aliphatic carbocycles. The van der Waals surface area contributed by atoms with Gasteiger partial charge >= 0.3 is 0 Å². The highest BCUT2D eigenvalue weighted by atomic mass is 15.2. The smallest absolute Gasteiger partial charge is 0.135 e. The lowest BCUT2D eigenvalue weighted by atomic mass is 10.2. The Hall–Kier alpha value is -2.03. The molecule has 2 rings (SSSR count). The highest BCUT2D eigenvalue weighted by Gasteiger charge is 2.05. The van der Waals surface area contributed by atoms with Crippen molar-refractivity contribution in [1.82, 2.24) is 4.98 Å². The lowest BCUT2D eigenvalue weighted by molar-refractivity contribution is 1.12. The Morgan fingerprint density at radius 2 is 1.76 bits per heavy atom. The molecule has 0 radical (unpaired) electrons. The first-order valence-corrected chi connectivity index (χ1v) is 5.66. The van der Waals surface area contributed by atoms with E-state index < -0.39 is 0 Å². The first kappa shape index (κ1) is 11.5. The van der Waals surface area contributed by atoms with Crippen LogP contribution in [0.2, 0.25) is 0 Å². The van der Waals surface area contributed by atoms with Crippen LogP contribution in [0.4, 0.5) is 17.3 Å². The molecule has 0 saturated carbocycles. The van der Waals surface area contributed by atoms with E-state index >= 15 is 0 Å². The summed E-state index contributed by atoms with van der Waals surface area (Å²) >= 11 is 0. The first-order chi connectivity index (χ1) is 8.20. The van der Waals surface area contributed by atoms with Crippen molar-refractivity contribution in [3.8, 4) is 0 Å². The van der Waals surface area contributed by atoms with Gasteiger partial charge in [0.15, 0.2) is 0 Å². The van der Waals surface area contributed by atoms with Gasteiger partial charge in [-0.05, 0) is 31.2 Å². The Morgan fingerprint density at radius 1 is 1.06 bits per heavy atom. The van der Waals surface area contributed by atoms with Crippen LogP contribution in [0, 0.1) is 6.92 Å². The SMILES string of the molecule is CNc1cccc(N(C)c2ccc(C)cc2)n1. The fourth-order valence-electron chi connectivity index (χ4n) is 1.65. The Morgan fingerprint density at radius 3 is 2.41 bits per heavy atom. The number of hydrogen-bond donors (Lipinski definition) is 1. The van der Waals surface area contributed by atoms with E-state index in [2.05, 4.69) is 46.4 Å². The lowest BCUT2D eigenvalue weighted by Crippen LogP contribution is -2.11. The van der Waals surface area contributed by atoms with Crippen molar-refractivity contribution in [3.05, 3.63) is 48.0 Å². The molecule has 0 fully saturated rings. The summed E-state index contributed by atoms with van der Waals surface area (Å²) in [5, 5.41) is 3.05. The van der Waals surface area contributed by atoms with Gasteiger partial charge in [0.2, 0.25) is 0 Å². The summed E-state index contributed by atoms with van der Waals surface area (Å²) < 4.78 is 0. The van der Waals surface area contributed by atoms with Crippen LogP contribution in [-0.4, -0.2) is 19.1 Å². The number of aromatic nitrogens is 1. The molecule has 0 aliphatic rings. The van der Waals surface area contributed by atoms with Gasteiger partial charge in [-0.15, -0.1) is 0 Å². The van der Waals surface area contributed by atoms with Gasteiger partial charge in [0.05, 0.1) is 0 Å². The van der Waals surface area contributed by atoms with Crippen LogP contribution in [-0.2, 0) is 0 Å². The second kappa shape index (κ2) is 4.87. The van der Waals surface area contributed by atoms with Crippen LogP contribution >= 0.6 is 0 Å². The second-order valence-corrected chi connectivity index (χ2v) is 4.03. The maximum Gasteiger partial charge on any atom is 0.135 e. The summed E-state index contributed by atoms with van der Waals surface area (Å²) in [6.07, 6.45) is 0. The highest BCUT2D eigenvalue weighted by Crippen LogP contribution is 2.22. The number of aryl methyl sites for hydroxylation is 1. The maximum atomic E-state index is 4.50. The van der Waals surface area contributed by atoms with E-state index in [0.29, 0.717) is 0 Å². The van der Waals surface area contributed by atoms with Gasteiger partial charge in [-0.25, -0.2) is 4.98 Å². The van der Waals surface area contributed by atoms with Crippen LogP contribution in [0.1, 0.15) is 5.56 Å². The standard InChI is InChI=1S/C14H17N3/c1-11-7-9-12(10-8-11)17(3)14-6-4-5-13(15-2)16-14/h4-10H,1-3H3,(H,15,16). The van der Waals surface area contributed by atoms with Crippen LogP contribution in [0.5, 0.6) is 0 Å². The molecule has 0 amide bonds. The van der Waals surface area contributed by atoms with Gasteiger partial charge in [-0.1, -0.05) is 23.8 Å². The quantitative estimate of drug-likeness (QED) is 0.872. The number of nitrogens with one attached hydrogen (secondary N) is 1. The highest BCUT2D eigenvalue weighted by molar-refractivity contribution is 5.60. The van der Waals surface area contributed by atoms with Gasteiger partial charge in [-0.2, -0.15) is 0 Å². The number of rotatable bonds is 3. The van der Waals surface area contributed by atoms with Crippen molar-refractivity contribution in [2.45, 2.75) is 6.92 Å². The van der Waals surface area contributed by atoms with Gasteiger partial charge in [0, 0.05) is 19.8 Å². The van der Waals surface area contributed by atoms with E-state index in [1.165, 1.54) is 5.56 Å². The fraction of sp³-hybridized carbons (Fsp3) is 0.214. The topological polar surface area (TPSA) is 28.2 Å². The fourth-order valence-corrected chi connectivity index (χ4v) is 1.65. The zero-order chi connectivity index (χ0) is 12.3. The van der Waals surface area contributed by atoms with Crippen molar-refractivity contribution < 1.29 is 0 Å². The van der Waals surface area contributed by atoms with Gasteiger partial charge < -0.3 is 10.2 Å². The van der Waals surface area contributed by atoms with E-state index in [-0.39, 0.29) is 0 Å². The van der Waals surface area contributed by atoms with Gasteiger partial charge in [0.1, 0.15) is 11.6 Å². The molecule has 1 aromatic heterocycles. The molecule has 0 atom stereocenters. The summed E-state index contributed by atoms with van der Waals surface area (Å²) in [5.41, 5.74) is 2.40. The van der Waals surface area contributed by atoms with Crippen LogP contribution in [0.25, 0.3) is 0 Å². The molecule has 17 heavy (non-hydrogen) atoms. The first-order valence-electron chi connectivity index (χ1n) is 5.66. The van der Waals surface area contributed by atoms with Crippen LogP contribution in [0.15, 0.2) is 42.5 Å². The molecule has 1 aromatic carbocycles. The minimum Gasteiger partial charge on any atom is -0.373 e. The van der Waals surface area contributed by atoms with Crippen LogP contribution < -0.4 is 10.2 Å². The van der Waals surface area contributed by atoms with E-state index in [1.54, 1.807) is 0 Å². The number of hydrogen-bond acceptors (Lipinski definition) is 3. The molecule has 0 spiro atoms. The average Bonchev–Trinajstić information content (AvgIpc) is 2.39. The number of benzene rings is 1. The molecule has 2 aromatic rings. The van der Waals surface area contributed by atoms with E-state index in [4.69, 9.17) is 0 Å². The van der Waals surface area contributed by atoms with Crippen molar-refractivity contribution in [2.75, 3.05) is 24.3 Å². The van der Waals surface area contributed by atoms with Crippen molar-refractivity contribution in [3.63, 3.8) is 0 Å². The van der Waals surface area contributed by atoms with Crippen molar-refractivity contribution >= 4 is 17.3 Å². The molecule has 3 nitrogen and oxygen atoms in total. The molecule has 0 unspecified atom stereocenters. The Labute approximate surface area is 102 Å². The van der Waals surface area contributed by atoms with Crippen molar-refractivity contribution in [1.29, 1.82) is 0 Å². The number of pyridine rings is 1. The summed E-state index contributed by atoms with van der Waals surface area (Å²) in [4.78, 5) is 6.57. The molecular formula is C14H17N3. The molecule has 0 saturated heterocycles. The Kier molecular flexibility index (Phi) is 3.28. The van der Waals surface area contributed by atoms with E-state index in [0.717, 1.165) is 17.3 Å². The largest absolute Gasteiger partial charge is 0.373 e. The summed E-state index contributed by atoms with van der Waals surface area (Å²) in [5.74, 6) is 1.81. The molecule has 0 aliphatic heterocycles. The Bertz CT molecular complexity index is 491. The maximum absolute atomic E-state index is 4.50.